The Hall–Kier alpha value is -3.56. The van der Waals surface area contributed by atoms with E-state index in [0.29, 0.717) is 28.3 Å². The van der Waals surface area contributed by atoms with Gasteiger partial charge in [0, 0.05) is 11.8 Å². The second-order valence-corrected chi connectivity index (χ2v) is 6.89. The summed E-state index contributed by atoms with van der Waals surface area (Å²) in [6, 6.07) is 7.60. The molecule has 2 aromatic carbocycles. The van der Waals surface area contributed by atoms with Crippen molar-refractivity contribution in [3.8, 4) is 23.1 Å². The SMILES string of the molecule is CCc1c(F)ccc2cccc(-c3ncc4c(OCC(F)(F)F)nc(OC)nc4c3F)c12. The first-order chi connectivity index (χ1) is 15.2. The second-order valence-electron chi connectivity index (χ2n) is 6.89. The Kier molecular flexibility index (Phi) is 5.53. The lowest BCUT2D eigenvalue weighted by molar-refractivity contribution is -0.153. The molecule has 0 fully saturated rings. The molecule has 0 radical (unpaired) electrons. The molecule has 4 aromatic rings. The van der Waals surface area contributed by atoms with Crippen molar-refractivity contribution in [1.29, 1.82) is 0 Å². The number of fused-ring (bicyclic) bond motifs is 2. The number of aryl methyl sites for hydroxylation is 1. The van der Waals surface area contributed by atoms with E-state index in [1.807, 2.05) is 0 Å². The molecule has 0 amide bonds. The van der Waals surface area contributed by atoms with Crippen LogP contribution in [0.2, 0.25) is 0 Å². The molecule has 2 heterocycles. The van der Waals surface area contributed by atoms with Crippen molar-refractivity contribution >= 4 is 21.7 Å². The molecule has 5 nitrogen and oxygen atoms in total. The van der Waals surface area contributed by atoms with Gasteiger partial charge in [0.1, 0.15) is 17.0 Å². The first kappa shape index (κ1) is 21.7. The Morgan fingerprint density at radius 2 is 1.81 bits per heavy atom. The summed E-state index contributed by atoms with van der Waals surface area (Å²) in [5.74, 6) is -1.86. The first-order valence-corrected chi connectivity index (χ1v) is 9.53. The minimum Gasteiger partial charge on any atom is -0.467 e. The third kappa shape index (κ3) is 3.88. The average molecular weight is 449 g/mol. The lowest BCUT2D eigenvalue weighted by Gasteiger charge is -2.14. The summed E-state index contributed by atoms with van der Waals surface area (Å²) in [6.45, 7) is 0.148. The minimum absolute atomic E-state index is 0.133. The quantitative estimate of drug-likeness (QED) is 0.370. The molecule has 166 valence electrons. The van der Waals surface area contributed by atoms with Gasteiger partial charge in [0.25, 0.3) is 0 Å². The average Bonchev–Trinajstić information content (AvgIpc) is 2.77. The van der Waals surface area contributed by atoms with E-state index in [0.717, 1.165) is 6.20 Å². The number of ether oxygens (including phenoxy) is 2. The van der Waals surface area contributed by atoms with Gasteiger partial charge in [0.2, 0.25) is 5.88 Å². The summed E-state index contributed by atoms with van der Waals surface area (Å²) >= 11 is 0. The van der Waals surface area contributed by atoms with Crippen LogP contribution in [0.5, 0.6) is 11.9 Å². The predicted molar refractivity (Wildman–Crippen MR) is 108 cm³/mol. The number of rotatable bonds is 5. The van der Waals surface area contributed by atoms with Crippen LogP contribution in [0.4, 0.5) is 22.0 Å². The Bertz CT molecular complexity index is 1320. The third-order valence-corrected chi connectivity index (χ3v) is 4.89. The van der Waals surface area contributed by atoms with Crippen LogP contribution in [0.25, 0.3) is 32.9 Å². The maximum atomic E-state index is 15.6. The van der Waals surface area contributed by atoms with Crippen LogP contribution < -0.4 is 9.47 Å². The van der Waals surface area contributed by atoms with Gasteiger partial charge in [0.15, 0.2) is 12.4 Å². The smallest absolute Gasteiger partial charge is 0.422 e. The molecule has 10 heteroatoms. The molecule has 0 atom stereocenters. The molecular weight excluding hydrogens is 433 g/mol. The normalized spacial score (nSPS) is 11.8. The zero-order chi connectivity index (χ0) is 23.0. The van der Waals surface area contributed by atoms with Crippen molar-refractivity contribution in [3.05, 3.63) is 53.7 Å². The largest absolute Gasteiger partial charge is 0.467 e. The zero-order valence-corrected chi connectivity index (χ0v) is 16.9. The van der Waals surface area contributed by atoms with E-state index in [4.69, 9.17) is 9.47 Å². The maximum Gasteiger partial charge on any atom is 0.422 e. The van der Waals surface area contributed by atoms with Crippen molar-refractivity contribution in [3.63, 3.8) is 0 Å². The van der Waals surface area contributed by atoms with Gasteiger partial charge in [-0.3, -0.25) is 4.98 Å². The number of alkyl halides is 3. The van der Waals surface area contributed by atoms with Crippen LogP contribution in [0.15, 0.2) is 36.5 Å². The van der Waals surface area contributed by atoms with Gasteiger partial charge in [-0.05, 0) is 28.8 Å². The number of hydrogen-bond acceptors (Lipinski definition) is 5. The van der Waals surface area contributed by atoms with Crippen molar-refractivity contribution in [2.75, 3.05) is 13.7 Å². The van der Waals surface area contributed by atoms with E-state index in [2.05, 4.69) is 15.0 Å². The van der Waals surface area contributed by atoms with Crippen LogP contribution in [0.1, 0.15) is 12.5 Å². The Morgan fingerprint density at radius 3 is 2.50 bits per heavy atom. The number of pyridine rings is 1. The highest BCUT2D eigenvalue weighted by Crippen LogP contribution is 2.36. The lowest BCUT2D eigenvalue weighted by Crippen LogP contribution is -2.20. The Labute approximate surface area is 178 Å². The van der Waals surface area contributed by atoms with Crippen LogP contribution in [-0.4, -0.2) is 34.8 Å². The van der Waals surface area contributed by atoms with Gasteiger partial charge in [-0.25, -0.2) is 8.78 Å². The summed E-state index contributed by atoms with van der Waals surface area (Å²) < 4.78 is 77.5. The van der Waals surface area contributed by atoms with Crippen molar-refractivity contribution in [2.24, 2.45) is 0 Å². The van der Waals surface area contributed by atoms with Gasteiger partial charge < -0.3 is 9.47 Å². The number of nitrogens with zero attached hydrogens (tertiary/aromatic N) is 3. The van der Waals surface area contributed by atoms with Crippen LogP contribution in [0.3, 0.4) is 0 Å². The molecule has 32 heavy (non-hydrogen) atoms. The molecule has 0 N–H and O–H groups in total. The lowest BCUT2D eigenvalue weighted by atomic mass is 9.95. The van der Waals surface area contributed by atoms with Gasteiger partial charge in [0.05, 0.1) is 12.5 Å². The molecule has 0 bridgehead atoms. The fourth-order valence-electron chi connectivity index (χ4n) is 3.52. The molecule has 0 saturated carbocycles. The highest BCUT2D eigenvalue weighted by molar-refractivity contribution is 6.00. The summed E-state index contributed by atoms with van der Waals surface area (Å²) in [7, 11) is 1.19. The van der Waals surface area contributed by atoms with Crippen molar-refractivity contribution in [1.82, 2.24) is 15.0 Å². The van der Waals surface area contributed by atoms with E-state index in [1.54, 1.807) is 31.2 Å². The maximum absolute atomic E-state index is 15.6. The molecular formula is C22H16F5N3O2. The predicted octanol–water partition coefficient (Wildman–Crippen LogP) is 5.64. The summed E-state index contributed by atoms with van der Waals surface area (Å²) in [4.78, 5) is 11.8. The monoisotopic (exact) mass is 449 g/mol. The number of benzene rings is 2. The van der Waals surface area contributed by atoms with Crippen LogP contribution >= 0.6 is 0 Å². The van der Waals surface area contributed by atoms with E-state index in [1.165, 1.54) is 13.2 Å². The van der Waals surface area contributed by atoms with Gasteiger partial charge in [-0.1, -0.05) is 31.2 Å². The highest BCUT2D eigenvalue weighted by Gasteiger charge is 2.30. The molecule has 0 aliphatic rings. The van der Waals surface area contributed by atoms with Crippen LogP contribution in [0, 0.1) is 11.6 Å². The summed E-state index contributed by atoms with van der Waals surface area (Å²) in [6.07, 6.45) is -3.14. The number of hydrogen-bond donors (Lipinski definition) is 0. The van der Waals surface area contributed by atoms with Gasteiger partial charge >= 0.3 is 12.2 Å². The van der Waals surface area contributed by atoms with E-state index in [-0.39, 0.29) is 22.6 Å². The Balaban J connectivity index is 1.96. The van der Waals surface area contributed by atoms with Crippen molar-refractivity contribution in [2.45, 2.75) is 19.5 Å². The molecule has 0 saturated heterocycles. The zero-order valence-electron chi connectivity index (χ0n) is 16.9. The van der Waals surface area contributed by atoms with E-state index < -0.39 is 30.3 Å². The summed E-state index contributed by atoms with van der Waals surface area (Å²) in [5.41, 5.74) is 0.263. The highest BCUT2D eigenvalue weighted by atomic mass is 19.4. The van der Waals surface area contributed by atoms with Gasteiger partial charge in [-0.2, -0.15) is 23.1 Å². The fraction of sp³-hybridized carbons (Fsp3) is 0.227. The first-order valence-electron chi connectivity index (χ1n) is 9.53. The van der Waals surface area contributed by atoms with Crippen LogP contribution in [-0.2, 0) is 6.42 Å². The third-order valence-electron chi connectivity index (χ3n) is 4.89. The second kappa shape index (κ2) is 8.18. The molecule has 4 rings (SSSR count). The van der Waals surface area contributed by atoms with Gasteiger partial charge in [-0.15, -0.1) is 0 Å². The molecule has 2 aromatic heterocycles. The molecule has 0 aliphatic heterocycles. The molecule has 0 unspecified atom stereocenters. The fourth-order valence-corrected chi connectivity index (χ4v) is 3.52. The standard InChI is InChI=1S/C22H16F5N3O2/c1-3-12-15(23)8-7-11-5-4-6-13(16(11)12)18-17(24)19-14(9-28-18)20(30-21(29-19)31-2)32-10-22(25,26)27/h4-9H,3,10H2,1-2H3. The number of methoxy groups -OCH3 is 1. The summed E-state index contributed by atoms with van der Waals surface area (Å²) in [5, 5.41) is 1.03. The van der Waals surface area contributed by atoms with Crippen molar-refractivity contribution < 1.29 is 31.4 Å². The minimum atomic E-state index is -4.62. The topological polar surface area (TPSA) is 57.1 Å². The number of halogens is 5. The Morgan fingerprint density at radius 1 is 1.03 bits per heavy atom. The van der Waals surface area contributed by atoms with E-state index in [9.17, 15) is 17.6 Å². The number of aromatic nitrogens is 3. The molecule has 0 aliphatic carbocycles. The molecule has 0 spiro atoms. The van der Waals surface area contributed by atoms with E-state index >= 15 is 4.39 Å².